The first kappa shape index (κ1) is 17.4. The van der Waals surface area contributed by atoms with Gasteiger partial charge in [-0.2, -0.15) is 0 Å². The summed E-state index contributed by atoms with van der Waals surface area (Å²) in [7, 11) is 0. The minimum absolute atomic E-state index is 0.0779. The molecule has 0 atom stereocenters. The van der Waals surface area contributed by atoms with E-state index in [0.29, 0.717) is 36.8 Å². The van der Waals surface area contributed by atoms with Crippen molar-refractivity contribution in [3.63, 3.8) is 0 Å². The molecule has 0 unspecified atom stereocenters. The molecule has 0 bridgehead atoms. The minimum Gasteiger partial charge on any atom is -0.491 e. The molecule has 7 nitrogen and oxygen atoms in total. The Morgan fingerprint density at radius 2 is 1.92 bits per heavy atom. The predicted octanol–water partition coefficient (Wildman–Crippen LogP) is 3.26. The van der Waals surface area contributed by atoms with Gasteiger partial charge >= 0.3 is 0 Å². The zero-order valence-electron chi connectivity index (χ0n) is 13.2. The summed E-state index contributed by atoms with van der Waals surface area (Å²) >= 11 is 0. The SMILES string of the molecule is CCOCCOc1ccc(C(=O)Nc2cccc([N+](=O)[O-])c2)cc1. The molecule has 126 valence electrons. The minimum atomic E-state index is -0.510. The van der Waals surface area contributed by atoms with Crippen LogP contribution in [-0.2, 0) is 4.74 Å². The fourth-order valence-electron chi connectivity index (χ4n) is 1.97. The first-order chi connectivity index (χ1) is 11.6. The average Bonchev–Trinajstić information content (AvgIpc) is 2.59. The van der Waals surface area contributed by atoms with E-state index in [2.05, 4.69) is 5.32 Å². The molecule has 2 aromatic rings. The van der Waals surface area contributed by atoms with Gasteiger partial charge in [0, 0.05) is 30.0 Å². The Labute approximate surface area is 139 Å². The van der Waals surface area contributed by atoms with E-state index in [9.17, 15) is 14.9 Å². The van der Waals surface area contributed by atoms with Gasteiger partial charge in [-0.15, -0.1) is 0 Å². The van der Waals surface area contributed by atoms with Crippen LogP contribution in [0.2, 0.25) is 0 Å². The van der Waals surface area contributed by atoms with Crippen LogP contribution in [0.5, 0.6) is 5.75 Å². The molecule has 2 aromatic carbocycles. The Hall–Kier alpha value is -2.93. The number of hydrogen-bond donors (Lipinski definition) is 1. The van der Waals surface area contributed by atoms with E-state index in [1.807, 2.05) is 6.92 Å². The van der Waals surface area contributed by atoms with Crippen molar-refractivity contribution in [2.24, 2.45) is 0 Å². The summed E-state index contributed by atoms with van der Waals surface area (Å²) < 4.78 is 10.6. The first-order valence-electron chi connectivity index (χ1n) is 7.46. The van der Waals surface area contributed by atoms with Crippen molar-refractivity contribution in [3.8, 4) is 5.75 Å². The van der Waals surface area contributed by atoms with Crippen LogP contribution in [-0.4, -0.2) is 30.7 Å². The van der Waals surface area contributed by atoms with Gasteiger partial charge in [0.1, 0.15) is 12.4 Å². The number of nitro benzene ring substituents is 1. The van der Waals surface area contributed by atoms with Crippen LogP contribution in [0.4, 0.5) is 11.4 Å². The van der Waals surface area contributed by atoms with Crippen molar-refractivity contribution in [1.29, 1.82) is 0 Å². The summed E-state index contributed by atoms with van der Waals surface area (Å²) in [6, 6.07) is 12.4. The lowest BCUT2D eigenvalue weighted by Gasteiger charge is -2.08. The number of carbonyl (C=O) groups excluding carboxylic acids is 1. The second kappa shape index (κ2) is 8.64. The van der Waals surface area contributed by atoms with Crippen molar-refractivity contribution in [1.82, 2.24) is 0 Å². The number of nitrogens with one attached hydrogen (secondary N) is 1. The molecule has 24 heavy (non-hydrogen) atoms. The number of benzene rings is 2. The second-order valence-corrected chi connectivity index (χ2v) is 4.83. The zero-order chi connectivity index (χ0) is 17.4. The molecule has 2 rings (SSSR count). The maximum Gasteiger partial charge on any atom is 0.271 e. The highest BCUT2D eigenvalue weighted by Gasteiger charge is 2.10. The zero-order valence-corrected chi connectivity index (χ0v) is 13.2. The molecule has 7 heteroatoms. The maximum atomic E-state index is 12.2. The molecule has 0 saturated carbocycles. The molecule has 1 amide bonds. The number of ether oxygens (including phenoxy) is 2. The van der Waals surface area contributed by atoms with Gasteiger partial charge in [-0.25, -0.2) is 0 Å². The van der Waals surface area contributed by atoms with E-state index in [-0.39, 0.29) is 11.6 Å². The molecule has 1 N–H and O–H groups in total. The van der Waals surface area contributed by atoms with E-state index < -0.39 is 4.92 Å². The topological polar surface area (TPSA) is 90.7 Å². The van der Waals surface area contributed by atoms with Crippen molar-refractivity contribution >= 4 is 17.3 Å². The number of nitrogens with zero attached hydrogens (tertiary/aromatic N) is 1. The monoisotopic (exact) mass is 330 g/mol. The number of hydrogen-bond acceptors (Lipinski definition) is 5. The van der Waals surface area contributed by atoms with E-state index >= 15 is 0 Å². The summed E-state index contributed by atoms with van der Waals surface area (Å²) in [5, 5.41) is 13.4. The Morgan fingerprint density at radius 1 is 1.17 bits per heavy atom. The molecule has 0 aromatic heterocycles. The Bertz CT molecular complexity index is 700. The van der Waals surface area contributed by atoms with E-state index in [1.165, 1.54) is 18.2 Å². The van der Waals surface area contributed by atoms with Crippen LogP contribution in [0.25, 0.3) is 0 Å². The molecule has 0 fully saturated rings. The normalized spacial score (nSPS) is 10.2. The molecule has 0 aliphatic rings. The Morgan fingerprint density at radius 3 is 2.58 bits per heavy atom. The smallest absolute Gasteiger partial charge is 0.271 e. The van der Waals surface area contributed by atoms with Gasteiger partial charge < -0.3 is 14.8 Å². The lowest BCUT2D eigenvalue weighted by Crippen LogP contribution is -2.12. The quantitative estimate of drug-likeness (QED) is 0.456. The van der Waals surface area contributed by atoms with Crippen LogP contribution in [0, 0.1) is 10.1 Å². The molecule has 0 aliphatic carbocycles. The standard InChI is InChI=1S/C17H18N2O5/c1-2-23-10-11-24-16-8-6-13(7-9-16)17(20)18-14-4-3-5-15(12-14)19(21)22/h3-9,12H,2,10-11H2,1H3,(H,18,20). The highest BCUT2D eigenvalue weighted by Crippen LogP contribution is 2.18. The third kappa shape index (κ3) is 5.06. The molecule has 0 spiro atoms. The number of amides is 1. The maximum absolute atomic E-state index is 12.2. The van der Waals surface area contributed by atoms with Crippen molar-refractivity contribution < 1.29 is 19.2 Å². The first-order valence-corrected chi connectivity index (χ1v) is 7.46. The Kier molecular flexibility index (Phi) is 6.27. The highest BCUT2D eigenvalue weighted by atomic mass is 16.6. The Balaban J connectivity index is 1.95. The number of anilines is 1. The molecule has 0 aliphatic heterocycles. The van der Waals surface area contributed by atoms with E-state index in [0.717, 1.165) is 0 Å². The molecular formula is C17H18N2O5. The van der Waals surface area contributed by atoms with Crippen molar-refractivity contribution in [2.75, 3.05) is 25.1 Å². The summed E-state index contributed by atoms with van der Waals surface area (Å²) in [6.07, 6.45) is 0. The van der Waals surface area contributed by atoms with Gasteiger partial charge in [0.25, 0.3) is 11.6 Å². The molecule has 0 radical (unpaired) electrons. The lowest BCUT2D eigenvalue weighted by atomic mass is 10.2. The van der Waals surface area contributed by atoms with Crippen molar-refractivity contribution in [2.45, 2.75) is 6.92 Å². The van der Waals surface area contributed by atoms with Gasteiger partial charge in [-0.3, -0.25) is 14.9 Å². The van der Waals surface area contributed by atoms with E-state index in [1.54, 1.807) is 30.3 Å². The number of nitro groups is 1. The average molecular weight is 330 g/mol. The third-order valence-corrected chi connectivity index (χ3v) is 3.13. The van der Waals surface area contributed by atoms with Gasteiger partial charge in [-0.1, -0.05) is 6.07 Å². The van der Waals surface area contributed by atoms with Gasteiger partial charge in [0.2, 0.25) is 0 Å². The fraction of sp³-hybridized carbons (Fsp3) is 0.235. The van der Waals surface area contributed by atoms with Gasteiger partial charge in [-0.05, 0) is 37.3 Å². The second-order valence-electron chi connectivity index (χ2n) is 4.83. The fourth-order valence-corrected chi connectivity index (χ4v) is 1.97. The summed E-state index contributed by atoms with van der Waals surface area (Å²) in [5.41, 5.74) is 0.718. The van der Waals surface area contributed by atoms with Gasteiger partial charge in [0.05, 0.1) is 11.5 Å². The summed E-state index contributed by atoms with van der Waals surface area (Å²) in [4.78, 5) is 22.4. The third-order valence-electron chi connectivity index (χ3n) is 3.13. The number of rotatable bonds is 8. The van der Waals surface area contributed by atoms with Crippen LogP contribution >= 0.6 is 0 Å². The number of non-ortho nitro benzene ring substituents is 1. The van der Waals surface area contributed by atoms with Crippen LogP contribution in [0.3, 0.4) is 0 Å². The van der Waals surface area contributed by atoms with E-state index in [4.69, 9.17) is 9.47 Å². The molecular weight excluding hydrogens is 312 g/mol. The van der Waals surface area contributed by atoms with Crippen LogP contribution in [0.15, 0.2) is 48.5 Å². The summed E-state index contributed by atoms with van der Waals surface area (Å²) in [6.45, 7) is 3.49. The molecule has 0 heterocycles. The van der Waals surface area contributed by atoms with Crippen LogP contribution < -0.4 is 10.1 Å². The lowest BCUT2D eigenvalue weighted by molar-refractivity contribution is -0.384. The highest BCUT2D eigenvalue weighted by molar-refractivity contribution is 6.04. The largest absolute Gasteiger partial charge is 0.491 e. The summed E-state index contributed by atoms with van der Waals surface area (Å²) in [5.74, 6) is 0.290. The van der Waals surface area contributed by atoms with Gasteiger partial charge in [0.15, 0.2) is 0 Å². The predicted molar refractivity (Wildman–Crippen MR) is 89.5 cm³/mol. The van der Waals surface area contributed by atoms with Crippen molar-refractivity contribution in [3.05, 3.63) is 64.2 Å². The molecule has 0 saturated heterocycles. The van der Waals surface area contributed by atoms with Crippen LogP contribution in [0.1, 0.15) is 17.3 Å². The number of carbonyl (C=O) groups is 1.